The molecular weight excluding hydrogens is 470 g/mol. The minimum absolute atomic E-state index is 0.0260. The normalized spacial score (nSPS) is 14.7. The lowest BCUT2D eigenvalue weighted by atomic mass is 9.93. The quantitative estimate of drug-likeness (QED) is 0.220. The van der Waals surface area contributed by atoms with E-state index in [0.717, 1.165) is 12.8 Å². The van der Waals surface area contributed by atoms with Gasteiger partial charge in [-0.2, -0.15) is 0 Å². The van der Waals surface area contributed by atoms with Crippen LogP contribution in [0.25, 0.3) is 0 Å². The minimum Gasteiger partial charge on any atom is -0.481 e. The van der Waals surface area contributed by atoms with Crippen LogP contribution in [0.3, 0.4) is 0 Å². The summed E-state index contributed by atoms with van der Waals surface area (Å²) in [5, 5.41) is 16.6. The molecular formula is C25H45N3O6S. The summed E-state index contributed by atoms with van der Waals surface area (Å²) in [6, 6.07) is -1.47. The van der Waals surface area contributed by atoms with Crippen molar-refractivity contribution in [2.45, 2.75) is 110 Å². The Morgan fingerprint density at radius 2 is 1.49 bits per heavy atom. The number of nitrogens with one attached hydrogen (secondary N) is 3. The van der Waals surface area contributed by atoms with Crippen molar-refractivity contribution in [3.63, 3.8) is 0 Å². The van der Waals surface area contributed by atoms with E-state index in [0.29, 0.717) is 12.8 Å². The Labute approximate surface area is 214 Å². The highest BCUT2D eigenvalue weighted by Crippen LogP contribution is 2.24. The number of carbonyl (C=O) groups excluding carboxylic acids is 4. The van der Waals surface area contributed by atoms with Gasteiger partial charge < -0.3 is 21.1 Å². The largest absolute Gasteiger partial charge is 0.481 e. The van der Waals surface area contributed by atoms with Gasteiger partial charge in [0.15, 0.2) is 5.78 Å². The van der Waals surface area contributed by atoms with Crippen LogP contribution < -0.4 is 16.0 Å². The van der Waals surface area contributed by atoms with Crippen LogP contribution in [0.5, 0.6) is 0 Å². The lowest BCUT2D eigenvalue weighted by Crippen LogP contribution is -2.53. The predicted octanol–water partition coefficient (Wildman–Crippen LogP) is 2.91. The number of rotatable bonds is 18. The molecule has 0 aromatic rings. The van der Waals surface area contributed by atoms with Crippen LogP contribution in [0.15, 0.2) is 0 Å². The average Bonchev–Trinajstić information content (AvgIpc) is 2.77. The summed E-state index contributed by atoms with van der Waals surface area (Å²) >= 11 is 1.32. The SMILES string of the molecule is CCCC(C)SC(CC(=O)O)C(=O)NCCC(=O)NC(C(=O)N[C@@H](C)C(=O)C(CC)CC)C(C)C. The summed E-state index contributed by atoms with van der Waals surface area (Å²) in [6.07, 6.45) is 2.87. The van der Waals surface area contributed by atoms with Gasteiger partial charge in [-0.25, -0.2) is 0 Å². The van der Waals surface area contributed by atoms with E-state index in [1.165, 1.54) is 11.8 Å². The van der Waals surface area contributed by atoms with Crippen molar-refractivity contribution in [3.8, 4) is 0 Å². The fraction of sp³-hybridized carbons (Fsp3) is 0.800. The van der Waals surface area contributed by atoms with Gasteiger partial charge in [-0.3, -0.25) is 24.0 Å². The topological polar surface area (TPSA) is 142 Å². The second-order valence-electron chi connectivity index (χ2n) is 9.30. The molecule has 0 aromatic carbocycles. The maximum absolute atomic E-state index is 12.8. The Balaban J connectivity index is 4.87. The van der Waals surface area contributed by atoms with Crippen LogP contribution in [-0.2, 0) is 24.0 Å². The first-order chi connectivity index (χ1) is 16.4. The van der Waals surface area contributed by atoms with E-state index in [1.54, 1.807) is 20.8 Å². The van der Waals surface area contributed by atoms with Crippen LogP contribution in [0.1, 0.15) is 87.0 Å². The molecule has 35 heavy (non-hydrogen) atoms. The number of amides is 3. The molecule has 0 rings (SSSR count). The molecule has 0 saturated carbocycles. The third-order valence-corrected chi connectivity index (χ3v) is 7.24. The Bertz CT molecular complexity index is 711. The van der Waals surface area contributed by atoms with Crippen molar-refractivity contribution >= 4 is 41.2 Å². The Morgan fingerprint density at radius 1 is 0.886 bits per heavy atom. The molecule has 0 aliphatic rings. The lowest BCUT2D eigenvalue weighted by molar-refractivity contribution is -0.138. The molecule has 0 heterocycles. The summed E-state index contributed by atoms with van der Waals surface area (Å²) in [4.78, 5) is 61.4. The number of aliphatic carboxylic acids is 1. The van der Waals surface area contributed by atoms with E-state index in [9.17, 15) is 24.0 Å². The summed E-state index contributed by atoms with van der Waals surface area (Å²) in [7, 11) is 0. The zero-order chi connectivity index (χ0) is 27.1. The number of hydrogen-bond donors (Lipinski definition) is 4. The Hall–Kier alpha value is -2.10. The van der Waals surface area contributed by atoms with Gasteiger partial charge in [-0.15, -0.1) is 11.8 Å². The molecule has 0 radical (unpaired) electrons. The fourth-order valence-electron chi connectivity index (χ4n) is 3.73. The fourth-order valence-corrected chi connectivity index (χ4v) is 5.11. The molecule has 4 N–H and O–H groups in total. The molecule has 0 spiro atoms. The van der Waals surface area contributed by atoms with Gasteiger partial charge in [0.05, 0.1) is 17.7 Å². The molecule has 0 aromatic heterocycles. The van der Waals surface area contributed by atoms with Crippen molar-refractivity contribution < 1.29 is 29.1 Å². The number of hydrogen-bond acceptors (Lipinski definition) is 6. The maximum atomic E-state index is 12.8. The van der Waals surface area contributed by atoms with Gasteiger partial charge in [0.25, 0.3) is 0 Å². The van der Waals surface area contributed by atoms with Gasteiger partial charge in [-0.1, -0.05) is 48.0 Å². The van der Waals surface area contributed by atoms with Crippen LogP contribution in [0.2, 0.25) is 0 Å². The molecule has 3 unspecified atom stereocenters. The van der Waals surface area contributed by atoms with Crippen LogP contribution in [0, 0.1) is 11.8 Å². The number of thioether (sulfide) groups is 1. The van der Waals surface area contributed by atoms with Gasteiger partial charge in [0.2, 0.25) is 17.7 Å². The van der Waals surface area contributed by atoms with Crippen molar-refractivity contribution in [2.75, 3.05) is 6.54 Å². The monoisotopic (exact) mass is 515 g/mol. The van der Waals surface area contributed by atoms with E-state index < -0.39 is 41.0 Å². The number of ketones is 1. The maximum Gasteiger partial charge on any atom is 0.305 e. The summed E-state index contributed by atoms with van der Waals surface area (Å²) in [6.45, 7) is 13.1. The van der Waals surface area contributed by atoms with Crippen molar-refractivity contribution in [1.29, 1.82) is 0 Å². The molecule has 3 amide bonds. The van der Waals surface area contributed by atoms with Crippen molar-refractivity contribution in [1.82, 2.24) is 16.0 Å². The predicted molar refractivity (Wildman–Crippen MR) is 139 cm³/mol. The van der Waals surface area contributed by atoms with Crippen molar-refractivity contribution in [2.24, 2.45) is 11.8 Å². The smallest absolute Gasteiger partial charge is 0.305 e. The average molecular weight is 516 g/mol. The molecule has 0 aliphatic heterocycles. The minimum atomic E-state index is -1.05. The van der Waals surface area contributed by atoms with Gasteiger partial charge in [-0.05, 0) is 32.1 Å². The van der Waals surface area contributed by atoms with Crippen LogP contribution >= 0.6 is 11.8 Å². The van der Waals surface area contributed by atoms with Gasteiger partial charge >= 0.3 is 5.97 Å². The molecule has 4 atom stereocenters. The van der Waals surface area contributed by atoms with Crippen molar-refractivity contribution in [3.05, 3.63) is 0 Å². The zero-order valence-corrected chi connectivity index (χ0v) is 23.1. The molecule has 0 fully saturated rings. The summed E-state index contributed by atoms with van der Waals surface area (Å²) in [5.74, 6) is -2.66. The van der Waals surface area contributed by atoms with Crippen LogP contribution in [0.4, 0.5) is 0 Å². The van der Waals surface area contributed by atoms with Gasteiger partial charge in [0, 0.05) is 24.1 Å². The highest BCUT2D eigenvalue weighted by molar-refractivity contribution is 8.01. The van der Waals surface area contributed by atoms with Gasteiger partial charge in [0.1, 0.15) is 6.04 Å². The second-order valence-corrected chi connectivity index (χ2v) is 10.9. The van der Waals surface area contributed by atoms with E-state index in [2.05, 4.69) is 16.0 Å². The lowest BCUT2D eigenvalue weighted by Gasteiger charge is -2.25. The standard InChI is InChI=1S/C25H45N3O6S/c1-8-11-16(6)35-19(14-21(30)31)24(33)26-13-12-20(29)28-22(15(4)5)25(34)27-17(7)23(32)18(9-2)10-3/h15-19,22H,8-14H2,1-7H3,(H,26,33)(H,27,34)(H,28,29)(H,30,31)/t16?,17-,19?,22?/m0/s1. The Morgan fingerprint density at radius 3 is 1.97 bits per heavy atom. The van der Waals surface area contributed by atoms with E-state index in [-0.39, 0.29) is 42.3 Å². The van der Waals surface area contributed by atoms with E-state index in [4.69, 9.17) is 5.11 Å². The number of Topliss-reactive ketones (excluding diaryl/α,β-unsaturated/α-hetero) is 1. The Kier molecular flexibility index (Phi) is 16.3. The first-order valence-corrected chi connectivity index (χ1v) is 13.6. The third kappa shape index (κ3) is 13.0. The molecule has 0 saturated heterocycles. The third-order valence-electron chi connectivity index (χ3n) is 5.83. The second kappa shape index (κ2) is 17.3. The number of carbonyl (C=O) groups is 5. The van der Waals surface area contributed by atoms with Crippen LogP contribution in [-0.4, -0.2) is 63.7 Å². The van der Waals surface area contributed by atoms with E-state index in [1.807, 2.05) is 27.7 Å². The highest BCUT2D eigenvalue weighted by atomic mass is 32.2. The number of carboxylic acid groups (broad SMARTS) is 1. The first-order valence-electron chi connectivity index (χ1n) is 12.7. The molecule has 0 bridgehead atoms. The zero-order valence-electron chi connectivity index (χ0n) is 22.3. The highest BCUT2D eigenvalue weighted by Gasteiger charge is 2.29. The molecule has 202 valence electrons. The summed E-state index contributed by atoms with van der Waals surface area (Å²) < 4.78 is 0. The molecule has 9 nitrogen and oxygen atoms in total. The first kappa shape index (κ1) is 32.9. The van der Waals surface area contributed by atoms with E-state index >= 15 is 0 Å². The molecule has 0 aliphatic carbocycles. The summed E-state index contributed by atoms with van der Waals surface area (Å²) in [5.41, 5.74) is 0. The molecule has 10 heteroatoms. The number of carboxylic acids is 1.